The molecule has 0 unspecified atom stereocenters. The Morgan fingerprint density at radius 1 is 0.794 bits per heavy atom. The van der Waals surface area contributed by atoms with Crippen molar-refractivity contribution in [3.05, 3.63) is 84.1 Å². The summed E-state index contributed by atoms with van der Waals surface area (Å²) in [5.41, 5.74) is 1.76. The van der Waals surface area contributed by atoms with Crippen molar-refractivity contribution >= 4 is 31.6 Å². The number of para-hydroxylation sites is 1. The number of aryl methyl sites for hydroxylation is 2. The number of sulfonamides is 2. The van der Waals surface area contributed by atoms with Gasteiger partial charge in [0.25, 0.3) is 20.0 Å². The van der Waals surface area contributed by atoms with Gasteiger partial charge in [0.15, 0.2) is 0 Å². The van der Waals surface area contributed by atoms with Crippen molar-refractivity contribution in [1.29, 1.82) is 0 Å². The van der Waals surface area contributed by atoms with E-state index in [1.807, 2.05) is 30.3 Å². The fourth-order valence-corrected chi connectivity index (χ4v) is 5.91. The summed E-state index contributed by atoms with van der Waals surface area (Å²) in [5.74, 6) is 0.560. The molecule has 0 aliphatic carbocycles. The highest BCUT2D eigenvalue weighted by molar-refractivity contribution is 7.93. The molecule has 34 heavy (non-hydrogen) atoms. The lowest BCUT2D eigenvalue weighted by Gasteiger charge is -2.11. The first-order valence-corrected chi connectivity index (χ1v) is 13.1. The number of hydrogen-bond acceptors (Lipinski definition) is 7. The lowest BCUT2D eigenvalue weighted by atomic mass is 10.3. The molecule has 0 radical (unpaired) electrons. The topological polar surface area (TPSA) is 136 Å². The Hall–Kier alpha value is -3.77. The highest BCUT2D eigenvalue weighted by atomic mass is 32.2. The molecule has 0 bridgehead atoms. The molecular weight excluding hydrogens is 476 g/mol. The van der Waals surface area contributed by atoms with E-state index < -0.39 is 20.0 Å². The van der Waals surface area contributed by atoms with Crippen LogP contribution >= 0.6 is 0 Å². The maximum atomic E-state index is 13.1. The number of aromatic nitrogens is 4. The summed E-state index contributed by atoms with van der Waals surface area (Å²) in [5, 5.41) is 4.38. The van der Waals surface area contributed by atoms with Crippen molar-refractivity contribution in [2.75, 3.05) is 9.44 Å². The molecule has 176 valence electrons. The number of rotatable bonds is 7. The lowest BCUT2D eigenvalue weighted by Crippen LogP contribution is -2.16. The molecule has 10 nitrogen and oxygen atoms in total. The van der Waals surface area contributed by atoms with Crippen LogP contribution in [0.1, 0.15) is 17.2 Å². The van der Waals surface area contributed by atoms with Gasteiger partial charge in [-0.25, -0.2) is 31.5 Å². The van der Waals surface area contributed by atoms with Gasteiger partial charge >= 0.3 is 0 Å². The zero-order chi connectivity index (χ0) is 24.5. The average molecular weight is 499 g/mol. The van der Waals surface area contributed by atoms with Gasteiger partial charge < -0.3 is 0 Å². The third-order valence-electron chi connectivity index (χ3n) is 4.93. The van der Waals surface area contributed by atoms with E-state index in [4.69, 9.17) is 0 Å². The Labute approximate surface area is 197 Å². The van der Waals surface area contributed by atoms with E-state index in [2.05, 4.69) is 24.5 Å². The van der Waals surface area contributed by atoms with Crippen LogP contribution in [0, 0.1) is 20.8 Å². The van der Waals surface area contributed by atoms with Gasteiger partial charge in [0.05, 0.1) is 22.0 Å². The second-order valence-electron chi connectivity index (χ2n) is 7.47. The van der Waals surface area contributed by atoms with Crippen LogP contribution in [0.5, 0.6) is 0 Å². The van der Waals surface area contributed by atoms with Gasteiger partial charge in [0, 0.05) is 11.9 Å². The standard InChI is InChI=1S/C22H22N6O4S2/c1-15-22(16(2)28(25-15)19-7-5-4-6-8-19)34(31,32)26-18-9-11-20(12-10-18)33(29,30)27-21-13-14-23-17(3)24-21/h4-14,26H,1-3H3,(H,23,24,27). The van der Waals surface area contributed by atoms with E-state index in [0.29, 0.717) is 17.2 Å². The highest BCUT2D eigenvalue weighted by Crippen LogP contribution is 2.25. The van der Waals surface area contributed by atoms with Crippen molar-refractivity contribution in [3.8, 4) is 5.69 Å². The van der Waals surface area contributed by atoms with Crippen molar-refractivity contribution in [3.63, 3.8) is 0 Å². The maximum Gasteiger partial charge on any atom is 0.265 e. The Kier molecular flexibility index (Phi) is 6.11. The van der Waals surface area contributed by atoms with Crippen LogP contribution in [-0.4, -0.2) is 36.6 Å². The van der Waals surface area contributed by atoms with Crippen LogP contribution < -0.4 is 9.44 Å². The van der Waals surface area contributed by atoms with Crippen LogP contribution in [0.4, 0.5) is 11.5 Å². The monoisotopic (exact) mass is 498 g/mol. The van der Waals surface area contributed by atoms with Crippen molar-refractivity contribution in [1.82, 2.24) is 19.7 Å². The van der Waals surface area contributed by atoms with Crippen molar-refractivity contribution in [2.24, 2.45) is 0 Å². The minimum atomic E-state index is -3.98. The van der Waals surface area contributed by atoms with Crippen LogP contribution in [0.25, 0.3) is 5.69 Å². The maximum absolute atomic E-state index is 13.1. The molecule has 0 saturated carbocycles. The van der Waals surface area contributed by atoms with Gasteiger partial charge in [-0.05, 0) is 63.2 Å². The Morgan fingerprint density at radius 3 is 2.12 bits per heavy atom. The second-order valence-corrected chi connectivity index (χ2v) is 10.8. The predicted molar refractivity (Wildman–Crippen MR) is 128 cm³/mol. The van der Waals surface area contributed by atoms with E-state index in [9.17, 15) is 16.8 Å². The molecule has 2 aromatic heterocycles. The van der Waals surface area contributed by atoms with Gasteiger partial charge in [-0.15, -0.1) is 0 Å². The SMILES string of the molecule is Cc1nccc(NS(=O)(=O)c2ccc(NS(=O)(=O)c3c(C)nn(-c4ccccc4)c3C)cc2)n1. The van der Waals surface area contributed by atoms with Gasteiger partial charge in [-0.2, -0.15) is 5.10 Å². The molecule has 12 heteroatoms. The first kappa shape index (κ1) is 23.4. The molecule has 0 aliphatic heterocycles. The molecule has 0 atom stereocenters. The molecule has 4 aromatic rings. The summed E-state index contributed by atoms with van der Waals surface area (Å²) in [6.45, 7) is 4.95. The molecule has 0 amide bonds. The molecule has 0 saturated heterocycles. The van der Waals surface area contributed by atoms with Crippen LogP contribution in [0.2, 0.25) is 0 Å². The summed E-state index contributed by atoms with van der Waals surface area (Å²) in [4.78, 5) is 7.97. The second kappa shape index (κ2) is 8.88. The first-order valence-electron chi connectivity index (χ1n) is 10.1. The Morgan fingerprint density at radius 2 is 1.47 bits per heavy atom. The van der Waals surface area contributed by atoms with E-state index in [0.717, 1.165) is 5.69 Å². The van der Waals surface area contributed by atoms with Gasteiger partial charge in [0.2, 0.25) is 0 Å². The largest absolute Gasteiger partial charge is 0.280 e. The Balaban J connectivity index is 1.57. The number of anilines is 2. The normalized spacial score (nSPS) is 11.9. The summed E-state index contributed by atoms with van der Waals surface area (Å²) in [7, 11) is -7.89. The van der Waals surface area contributed by atoms with Crippen molar-refractivity contribution < 1.29 is 16.8 Å². The fourth-order valence-electron chi connectivity index (χ4n) is 3.46. The molecule has 4 rings (SSSR count). The zero-order valence-corrected chi connectivity index (χ0v) is 20.2. The quantitative estimate of drug-likeness (QED) is 0.399. The average Bonchev–Trinajstić information content (AvgIpc) is 3.09. The number of nitrogens with one attached hydrogen (secondary N) is 2. The summed E-state index contributed by atoms with van der Waals surface area (Å²) in [6, 6.07) is 16.0. The summed E-state index contributed by atoms with van der Waals surface area (Å²) in [6.07, 6.45) is 1.45. The van der Waals surface area contributed by atoms with E-state index in [1.54, 1.807) is 25.5 Å². The van der Waals surface area contributed by atoms with E-state index >= 15 is 0 Å². The zero-order valence-electron chi connectivity index (χ0n) is 18.6. The number of nitrogens with zero attached hydrogens (tertiary/aromatic N) is 4. The van der Waals surface area contributed by atoms with Gasteiger partial charge in [-0.1, -0.05) is 18.2 Å². The minimum Gasteiger partial charge on any atom is -0.280 e. The third kappa shape index (κ3) is 4.77. The predicted octanol–water partition coefficient (Wildman–Crippen LogP) is 3.19. The highest BCUT2D eigenvalue weighted by Gasteiger charge is 2.25. The Bertz CT molecular complexity index is 1550. The molecule has 0 spiro atoms. The van der Waals surface area contributed by atoms with Crippen LogP contribution in [-0.2, 0) is 20.0 Å². The van der Waals surface area contributed by atoms with Gasteiger partial charge in [-0.3, -0.25) is 9.44 Å². The van der Waals surface area contributed by atoms with Crippen LogP contribution in [0.15, 0.2) is 76.7 Å². The number of hydrogen-bond donors (Lipinski definition) is 2. The lowest BCUT2D eigenvalue weighted by molar-refractivity contribution is 0.599. The fraction of sp³-hybridized carbons (Fsp3) is 0.136. The molecule has 2 heterocycles. The molecule has 2 N–H and O–H groups in total. The third-order valence-corrected chi connectivity index (χ3v) is 7.93. The summed E-state index contributed by atoms with van der Waals surface area (Å²) < 4.78 is 58.0. The van der Waals surface area contributed by atoms with Crippen molar-refractivity contribution in [2.45, 2.75) is 30.6 Å². The molecular formula is C22H22N6O4S2. The minimum absolute atomic E-state index is 0.0454. The first-order chi connectivity index (χ1) is 16.1. The van der Waals surface area contributed by atoms with E-state index in [1.165, 1.54) is 36.5 Å². The molecule has 0 fully saturated rings. The van der Waals surface area contributed by atoms with Crippen LogP contribution in [0.3, 0.4) is 0 Å². The van der Waals surface area contributed by atoms with Gasteiger partial charge in [0.1, 0.15) is 16.5 Å². The molecule has 0 aliphatic rings. The summed E-state index contributed by atoms with van der Waals surface area (Å²) >= 11 is 0. The molecule has 2 aromatic carbocycles. The smallest absolute Gasteiger partial charge is 0.265 e. The number of benzene rings is 2. The van der Waals surface area contributed by atoms with E-state index in [-0.39, 0.29) is 21.3 Å².